The average molecular weight is 487 g/mol. The maximum Gasteiger partial charge on any atom is 0.258 e. The van der Waals surface area contributed by atoms with Gasteiger partial charge in [-0.05, 0) is 67.5 Å². The van der Waals surface area contributed by atoms with Gasteiger partial charge < -0.3 is 14.7 Å². The largest absolute Gasteiger partial charge is 0.351 e. The van der Waals surface area contributed by atoms with Crippen LogP contribution in [0.2, 0.25) is 0 Å². The summed E-state index contributed by atoms with van der Waals surface area (Å²) in [5.74, 6) is 1.09. The number of nitrogens with one attached hydrogen (secondary N) is 1. The summed E-state index contributed by atoms with van der Waals surface area (Å²) in [6, 6.07) is 20.5. The van der Waals surface area contributed by atoms with Gasteiger partial charge in [0.05, 0.1) is 11.6 Å². The lowest BCUT2D eigenvalue weighted by molar-refractivity contribution is 0.397. The van der Waals surface area contributed by atoms with Gasteiger partial charge in [-0.1, -0.05) is 59.8 Å². The molecule has 5 nitrogen and oxygen atoms in total. The minimum Gasteiger partial charge on any atom is -0.351 e. The van der Waals surface area contributed by atoms with Gasteiger partial charge in [-0.25, -0.2) is 0 Å². The number of thiophene rings is 1. The van der Waals surface area contributed by atoms with Crippen molar-refractivity contribution in [3.8, 4) is 11.4 Å². The van der Waals surface area contributed by atoms with E-state index >= 15 is 0 Å². The molecule has 0 saturated heterocycles. The van der Waals surface area contributed by atoms with Crippen LogP contribution >= 0.6 is 23.6 Å². The van der Waals surface area contributed by atoms with E-state index in [0.29, 0.717) is 16.8 Å². The van der Waals surface area contributed by atoms with Crippen LogP contribution in [0.15, 0.2) is 76.3 Å². The van der Waals surface area contributed by atoms with E-state index in [1.54, 1.807) is 11.3 Å². The van der Waals surface area contributed by atoms with Crippen molar-refractivity contribution in [1.82, 2.24) is 20.4 Å². The Labute approximate surface area is 209 Å². The van der Waals surface area contributed by atoms with E-state index in [1.165, 1.54) is 16.0 Å². The molecule has 0 amide bonds. The fourth-order valence-corrected chi connectivity index (χ4v) is 5.28. The minimum absolute atomic E-state index is 0.172. The molecule has 0 spiro atoms. The normalized spacial score (nSPS) is 16.1. The molecular formula is C27H26N4OS2. The molecule has 4 aromatic rings. The van der Waals surface area contributed by atoms with Gasteiger partial charge in [-0.15, -0.1) is 11.3 Å². The van der Waals surface area contributed by atoms with E-state index in [4.69, 9.17) is 21.7 Å². The van der Waals surface area contributed by atoms with E-state index < -0.39 is 0 Å². The first kappa shape index (κ1) is 22.5. The average Bonchev–Trinajstić information content (AvgIpc) is 3.53. The lowest BCUT2D eigenvalue weighted by atomic mass is 9.92. The van der Waals surface area contributed by atoms with E-state index in [1.807, 2.05) is 30.3 Å². The number of aromatic nitrogens is 2. The standard InChI is InChI=1S/C27H26N4OS2/c1-17-11-12-21(16-18(17)2)24-23(26-29-25(30-32-26)20-8-5-4-6-9-20)19(3)31(27(33)28-24)14-13-22-10-7-15-34-22/h4-12,15-16,24H,13-14H2,1-3H3,(H,28,33). The van der Waals surface area contributed by atoms with Crippen molar-refractivity contribution in [3.63, 3.8) is 0 Å². The van der Waals surface area contributed by atoms with Gasteiger partial charge in [-0.2, -0.15) is 4.98 Å². The Balaban J connectivity index is 1.57. The van der Waals surface area contributed by atoms with Crippen LogP contribution in [0.3, 0.4) is 0 Å². The maximum atomic E-state index is 5.84. The van der Waals surface area contributed by atoms with Crippen molar-refractivity contribution in [1.29, 1.82) is 0 Å². The second-order valence-electron chi connectivity index (χ2n) is 8.50. The van der Waals surface area contributed by atoms with Gasteiger partial charge >= 0.3 is 0 Å². The highest BCUT2D eigenvalue weighted by Crippen LogP contribution is 2.38. The summed E-state index contributed by atoms with van der Waals surface area (Å²) in [6.07, 6.45) is 0.914. The van der Waals surface area contributed by atoms with Crippen LogP contribution in [0.5, 0.6) is 0 Å². The number of rotatable bonds is 6. The highest BCUT2D eigenvalue weighted by atomic mass is 32.1. The molecule has 1 aliphatic heterocycles. The quantitative estimate of drug-likeness (QED) is 0.322. The third-order valence-corrected chi connectivity index (χ3v) is 7.59. The number of hydrogen-bond donors (Lipinski definition) is 1. The molecule has 1 unspecified atom stereocenters. The van der Waals surface area contributed by atoms with Crippen LogP contribution in [-0.4, -0.2) is 26.7 Å². The van der Waals surface area contributed by atoms with Gasteiger partial charge in [0, 0.05) is 22.7 Å². The molecule has 1 atom stereocenters. The van der Waals surface area contributed by atoms with Crippen LogP contribution in [0, 0.1) is 13.8 Å². The first-order valence-corrected chi connectivity index (χ1v) is 12.6. The Hall–Kier alpha value is -3.29. The number of benzene rings is 2. The van der Waals surface area contributed by atoms with Crippen molar-refractivity contribution >= 4 is 34.2 Å². The number of thiocarbonyl (C=S) groups is 1. The highest BCUT2D eigenvalue weighted by molar-refractivity contribution is 7.80. The molecule has 5 rings (SSSR count). The fourth-order valence-electron chi connectivity index (χ4n) is 4.24. The number of aryl methyl sites for hydroxylation is 2. The van der Waals surface area contributed by atoms with Crippen molar-refractivity contribution in [2.45, 2.75) is 33.2 Å². The van der Waals surface area contributed by atoms with Gasteiger partial charge in [0.2, 0.25) is 5.82 Å². The van der Waals surface area contributed by atoms with Crippen LogP contribution in [0.25, 0.3) is 17.0 Å². The predicted octanol–water partition coefficient (Wildman–Crippen LogP) is 6.32. The second kappa shape index (κ2) is 9.52. The van der Waals surface area contributed by atoms with Crippen LogP contribution in [0.4, 0.5) is 0 Å². The second-order valence-corrected chi connectivity index (χ2v) is 9.91. The Bertz CT molecular complexity index is 1340. The van der Waals surface area contributed by atoms with Crippen LogP contribution in [0.1, 0.15) is 40.4 Å². The van der Waals surface area contributed by atoms with Gasteiger partial charge in [0.15, 0.2) is 5.11 Å². The van der Waals surface area contributed by atoms with Crippen molar-refractivity contribution < 1.29 is 4.52 Å². The fraction of sp³-hybridized carbons (Fsp3) is 0.222. The summed E-state index contributed by atoms with van der Waals surface area (Å²) in [6.45, 7) is 7.12. The van der Waals surface area contributed by atoms with E-state index in [9.17, 15) is 0 Å². The van der Waals surface area contributed by atoms with Gasteiger partial charge in [0.1, 0.15) is 0 Å². The first-order chi connectivity index (χ1) is 16.5. The summed E-state index contributed by atoms with van der Waals surface area (Å²) in [5.41, 5.74) is 6.53. The van der Waals surface area contributed by atoms with Crippen molar-refractivity contribution in [2.24, 2.45) is 0 Å². The molecular weight excluding hydrogens is 460 g/mol. The molecule has 0 fully saturated rings. The van der Waals surface area contributed by atoms with Crippen molar-refractivity contribution in [3.05, 3.63) is 99.2 Å². The maximum absolute atomic E-state index is 5.84. The Morgan fingerprint density at radius 1 is 1.03 bits per heavy atom. The SMILES string of the molecule is CC1=C(c2nc(-c3ccccc3)no2)C(c2ccc(C)c(C)c2)NC(=S)N1CCc1cccs1. The molecule has 7 heteroatoms. The minimum atomic E-state index is -0.172. The smallest absolute Gasteiger partial charge is 0.258 e. The Morgan fingerprint density at radius 2 is 1.85 bits per heavy atom. The molecule has 1 N–H and O–H groups in total. The molecule has 2 aromatic carbocycles. The Morgan fingerprint density at radius 3 is 2.59 bits per heavy atom. The zero-order valence-corrected chi connectivity index (χ0v) is 21.0. The zero-order chi connectivity index (χ0) is 23.7. The summed E-state index contributed by atoms with van der Waals surface area (Å²) < 4.78 is 5.84. The lowest BCUT2D eigenvalue weighted by Gasteiger charge is -2.37. The monoisotopic (exact) mass is 486 g/mol. The molecule has 3 heterocycles. The number of nitrogens with zero attached hydrogens (tertiary/aromatic N) is 3. The molecule has 0 aliphatic carbocycles. The van der Waals surface area contributed by atoms with Crippen molar-refractivity contribution in [2.75, 3.05) is 6.54 Å². The van der Waals surface area contributed by atoms with Gasteiger partial charge in [-0.3, -0.25) is 0 Å². The summed E-state index contributed by atoms with van der Waals surface area (Å²) in [5, 5.41) is 10.7. The summed E-state index contributed by atoms with van der Waals surface area (Å²) in [7, 11) is 0. The third kappa shape index (κ3) is 4.41. The zero-order valence-electron chi connectivity index (χ0n) is 19.4. The van der Waals surface area contributed by atoms with E-state index in [2.05, 4.69) is 71.9 Å². The molecule has 34 heavy (non-hydrogen) atoms. The topological polar surface area (TPSA) is 54.2 Å². The molecule has 0 radical (unpaired) electrons. The van der Waals surface area contributed by atoms with E-state index in [-0.39, 0.29) is 6.04 Å². The summed E-state index contributed by atoms with van der Waals surface area (Å²) in [4.78, 5) is 8.27. The molecule has 172 valence electrons. The lowest BCUT2D eigenvalue weighted by Crippen LogP contribution is -2.46. The van der Waals surface area contributed by atoms with Crippen LogP contribution < -0.4 is 5.32 Å². The molecule has 0 bridgehead atoms. The van der Waals surface area contributed by atoms with Crippen LogP contribution in [-0.2, 0) is 6.42 Å². The van der Waals surface area contributed by atoms with Gasteiger partial charge in [0.25, 0.3) is 5.89 Å². The Kier molecular flexibility index (Phi) is 6.30. The first-order valence-electron chi connectivity index (χ1n) is 11.3. The van der Waals surface area contributed by atoms with E-state index in [0.717, 1.165) is 35.4 Å². The highest BCUT2D eigenvalue weighted by Gasteiger charge is 2.34. The molecule has 0 saturated carbocycles. The number of hydrogen-bond acceptors (Lipinski definition) is 5. The summed E-state index contributed by atoms with van der Waals surface area (Å²) >= 11 is 7.60. The third-order valence-electron chi connectivity index (χ3n) is 6.31. The molecule has 1 aliphatic rings. The predicted molar refractivity (Wildman–Crippen MR) is 141 cm³/mol. The molecule has 2 aromatic heterocycles. The number of allylic oxidation sites excluding steroid dienone is 1.